The van der Waals surface area contributed by atoms with Crippen molar-refractivity contribution >= 4 is 58.5 Å². The summed E-state index contributed by atoms with van der Waals surface area (Å²) in [5.74, 6) is 0.392. The third kappa shape index (κ3) is 89.0. The molecule has 0 aromatic carbocycles. The van der Waals surface area contributed by atoms with Crippen molar-refractivity contribution in [2.45, 2.75) is 477 Å². The molecule has 11 heteroatoms. The number of unbranched alkanes of at least 4 members (excludes halogenated alkanes) is 62. The molecule has 89 heavy (non-hydrogen) atoms. The Morgan fingerprint density at radius 3 is 0.404 bits per heavy atom. The van der Waals surface area contributed by atoms with Crippen LogP contribution in [0.15, 0.2) is 0 Å². The van der Waals surface area contributed by atoms with Crippen molar-refractivity contribution < 1.29 is 34.3 Å². The predicted octanol–water partition coefficient (Wildman–Crippen LogP) is 27.2. The van der Waals surface area contributed by atoms with Crippen molar-refractivity contribution in [3.05, 3.63) is 0 Å². The molecule has 0 aliphatic rings. The first-order valence-electron chi connectivity index (χ1n) is 40.2. The van der Waals surface area contributed by atoms with Gasteiger partial charge in [-0.05, 0) is 37.5 Å². The summed E-state index contributed by atoms with van der Waals surface area (Å²) >= 11 is 0. The predicted molar refractivity (Wildman–Crippen MR) is 390 cm³/mol. The molecule has 0 aliphatic carbocycles. The summed E-state index contributed by atoms with van der Waals surface area (Å²) in [7, 11) is -9.18. The van der Waals surface area contributed by atoms with Crippen LogP contribution in [-0.4, -0.2) is 76.9 Å². The molecule has 0 radical (unpaired) electrons. The van der Waals surface area contributed by atoms with E-state index in [-0.39, 0.29) is 62.8 Å². The van der Waals surface area contributed by atoms with Gasteiger partial charge in [0.2, 0.25) is 20.8 Å². The zero-order valence-electron chi connectivity index (χ0n) is 60.9. The molecule has 2 unspecified atom stereocenters. The molecule has 0 saturated carbocycles. The van der Waals surface area contributed by atoms with E-state index in [4.69, 9.17) is 0 Å². The second-order valence-corrected chi connectivity index (χ2v) is 30.3. The van der Waals surface area contributed by atoms with Gasteiger partial charge < -0.3 is 9.11 Å². The van der Waals surface area contributed by atoms with E-state index in [1.54, 1.807) is 0 Å². The van der Waals surface area contributed by atoms with Gasteiger partial charge in [-0.15, -0.1) is 0 Å². The van der Waals surface area contributed by atoms with Crippen molar-refractivity contribution in [2.75, 3.05) is 13.2 Å². The average Bonchev–Trinajstić information content (AvgIpc) is 3.50. The molecular weight excluding hydrogens is 1170 g/mol. The Hall–Kier alpha value is 1.000. The largest absolute Gasteiger partial charge is 2.00 e. The van der Waals surface area contributed by atoms with Crippen LogP contribution in [0.5, 0.6) is 0 Å². The summed E-state index contributed by atoms with van der Waals surface area (Å²) in [6.45, 7) is 9.27. The molecule has 0 spiro atoms. The number of rotatable bonds is 76. The van der Waals surface area contributed by atoms with E-state index < -0.39 is 20.8 Å². The average molecular weight is 1330 g/mol. The van der Waals surface area contributed by atoms with Crippen LogP contribution < -0.4 is 0 Å². The Bertz CT molecular complexity index is 1390. The van der Waals surface area contributed by atoms with Crippen LogP contribution in [0, 0.1) is 11.8 Å². The minimum Gasteiger partial charge on any atom is -0.726 e. The molecule has 0 fully saturated rings. The maximum Gasteiger partial charge on any atom is 2.00 e. The molecule has 0 saturated heterocycles. The minimum absolute atomic E-state index is 0. The van der Waals surface area contributed by atoms with Gasteiger partial charge in [-0.1, -0.05) is 451 Å². The molecule has 0 N–H and O–H groups in total. The quantitative estimate of drug-likeness (QED) is 0.0254. The molecule has 0 aliphatic heterocycles. The van der Waals surface area contributed by atoms with Gasteiger partial charge in [0, 0.05) is 0 Å². The van der Waals surface area contributed by atoms with Gasteiger partial charge in [-0.2, -0.15) is 0 Å². The zero-order valence-corrected chi connectivity index (χ0v) is 64.7. The Labute approximate surface area is 590 Å². The fourth-order valence-corrected chi connectivity index (χ4v) is 14.0. The van der Waals surface area contributed by atoms with Crippen LogP contribution in [0.4, 0.5) is 0 Å². The maximum atomic E-state index is 11.0. The molecule has 0 bridgehead atoms. The van der Waals surface area contributed by atoms with E-state index in [0.29, 0.717) is 0 Å². The van der Waals surface area contributed by atoms with Gasteiger partial charge in [0.05, 0.1) is 13.2 Å². The van der Waals surface area contributed by atoms with E-state index in [1.807, 2.05) is 0 Å². The zero-order chi connectivity index (χ0) is 64.5. The van der Waals surface area contributed by atoms with Gasteiger partial charge in [-0.25, -0.2) is 16.8 Å². The summed E-state index contributed by atoms with van der Waals surface area (Å²) < 4.78 is 75.4. The van der Waals surface area contributed by atoms with E-state index in [9.17, 15) is 25.9 Å². The van der Waals surface area contributed by atoms with Gasteiger partial charge in [0.15, 0.2) is 0 Å². The van der Waals surface area contributed by atoms with Crippen LogP contribution in [0.25, 0.3) is 0 Å². The monoisotopic (exact) mass is 1330 g/mol. The normalized spacial score (nSPS) is 12.6. The first kappa shape index (κ1) is 94.2. The fourth-order valence-electron chi connectivity index (χ4n) is 13.3. The Morgan fingerprint density at radius 2 is 0.303 bits per heavy atom. The van der Waals surface area contributed by atoms with Crippen LogP contribution in [-0.2, 0) is 29.2 Å². The van der Waals surface area contributed by atoms with Gasteiger partial charge >= 0.3 is 37.7 Å². The molecule has 2 atom stereocenters. The first-order valence-corrected chi connectivity index (χ1v) is 42.9. The summed E-state index contributed by atoms with van der Waals surface area (Å²) in [6, 6.07) is 0. The van der Waals surface area contributed by atoms with Crippen molar-refractivity contribution in [2.24, 2.45) is 11.8 Å². The topological polar surface area (TPSA) is 133 Å². The second kappa shape index (κ2) is 79.7. The standard InChI is InChI=1S/2C39H80O4S.Ca/c2*1-3-5-7-9-11-13-15-17-19-20-21-22-23-25-27-29-31-33-35-37-39(38-43-44(40,41)42)36-34-32-30-28-26-24-18-16-14-12-10-8-6-4-2;/h2*39H,3-38H2,1-2H3,(H,40,41,42);/q;;+2/p-2. The van der Waals surface area contributed by atoms with Crippen molar-refractivity contribution in [1.29, 1.82) is 0 Å². The van der Waals surface area contributed by atoms with Crippen molar-refractivity contribution in [3.8, 4) is 0 Å². The summed E-state index contributed by atoms with van der Waals surface area (Å²) in [6.07, 6.45) is 93.6. The summed E-state index contributed by atoms with van der Waals surface area (Å²) in [4.78, 5) is 0. The second-order valence-electron chi connectivity index (χ2n) is 28.2. The Morgan fingerprint density at radius 1 is 0.202 bits per heavy atom. The third-order valence-corrected chi connectivity index (χ3v) is 20.1. The van der Waals surface area contributed by atoms with Gasteiger partial charge in [0.25, 0.3) is 0 Å². The summed E-state index contributed by atoms with van der Waals surface area (Å²) in [5.41, 5.74) is 0. The molecular formula is C78H158CaO8S2. The van der Waals surface area contributed by atoms with Crippen LogP contribution in [0.2, 0.25) is 0 Å². The Balaban J connectivity index is -0.00000164. The van der Waals surface area contributed by atoms with E-state index in [0.717, 1.165) is 51.4 Å². The molecule has 0 aromatic heterocycles. The van der Waals surface area contributed by atoms with E-state index in [2.05, 4.69) is 36.1 Å². The third-order valence-electron chi connectivity index (χ3n) is 19.3. The summed E-state index contributed by atoms with van der Waals surface area (Å²) in [5, 5.41) is 0. The smallest absolute Gasteiger partial charge is 0.726 e. The molecule has 0 rings (SSSR count). The van der Waals surface area contributed by atoms with Crippen LogP contribution in [0.1, 0.15) is 477 Å². The fraction of sp³-hybridized carbons (Fsp3) is 1.00. The van der Waals surface area contributed by atoms with Gasteiger partial charge in [0.1, 0.15) is 0 Å². The van der Waals surface area contributed by atoms with Gasteiger partial charge in [-0.3, -0.25) is 8.37 Å². The maximum absolute atomic E-state index is 11.0. The molecule has 8 nitrogen and oxygen atoms in total. The van der Waals surface area contributed by atoms with Crippen molar-refractivity contribution in [3.63, 3.8) is 0 Å². The van der Waals surface area contributed by atoms with Crippen molar-refractivity contribution in [1.82, 2.24) is 0 Å². The molecule has 0 aromatic rings. The van der Waals surface area contributed by atoms with E-state index in [1.165, 1.54) is 398 Å². The minimum atomic E-state index is -4.59. The first-order chi connectivity index (χ1) is 43.0. The SMILES string of the molecule is CCCCCCCCCCCCCCCCCCCCCC(CCCCCCCCCCCCCCCC)COS(=O)(=O)[O-].CCCCCCCCCCCCCCCCCCCCCC(CCCCCCCCCCCCCCCC)COS(=O)(=O)[O-].[Ca+2]. The number of hydrogen-bond acceptors (Lipinski definition) is 8. The number of hydrogen-bond donors (Lipinski definition) is 0. The molecule has 532 valence electrons. The molecule has 0 amide bonds. The van der Waals surface area contributed by atoms with Crippen LogP contribution in [0.3, 0.4) is 0 Å². The van der Waals surface area contributed by atoms with Crippen LogP contribution >= 0.6 is 0 Å². The Kier molecular flexibility index (Phi) is 84.3. The van der Waals surface area contributed by atoms with E-state index >= 15 is 0 Å². The molecule has 0 heterocycles.